The summed E-state index contributed by atoms with van der Waals surface area (Å²) >= 11 is 6.35. The van der Waals surface area contributed by atoms with Gasteiger partial charge in [0.25, 0.3) is 5.91 Å². The number of nitrogens with zero attached hydrogens (tertiary/aromatic N) is 1. The number of anilines is 1. The van der Waals surface area contributed by atoms with Gasteiger partial charge in [0.2, 0.25) is 0 Å². The van der Waals surface area contributed by atoms with E-state index >= 15 is 0 Å². The van der Waals surface area contributed by atoms with Crippen LogP contribution in [0.3, 0.4) is 0 Å². The number of alkyl carbamates (subject to hydrolysis) is 1. The van der Waals surface area contributed by atoms with E-state index in [1.54, 1.807) is 76.2 Å². The van der Waals surface area contributed by atoms with Crippen molar-refractivity contribution in [2.75, 3.05) is 18.1 Å². The molecule has 2 amide bonds. The molecule has 0 radical (unpaired) electrons. The summed E-state index contributed by atoms with van der Waals surface area (Å²) in [4.78, 5) is 40.0. The van der Waals surface area contributed by atoms with Crippen LogP contribution < -0.4 is 15.0 Å². The second-order valence-electron chi connectivity index (χ2n) is 10.9. The quantitative estimate of drug-likeness (QED) is 0.182. The maximum Gasteiger partial charge on any atom is 0.407 e. The van der Waals surface area contributed by atoms with E-state index in [0.29, 0.717) is 22.0 Å². The standard InChI is InChI=1S/C35H35ClN2O6/c1-5-42-32(39)23-38(33(40)27-16-14-26(15-17-27)25-11-7-6-8-12-25)30-19-18-28(36)21-31(30)43-29-13-9-10-24(20-29)22-37-34(41)44-35(2,3)4/h6-21H,5,22-23H2,1-4H3,(H,37,41). The fourth-order valence-electron chi connectivity index (χ4n) is 4.32. The second-order valence-corrected chi connectivity index (χ2v) is 11.3. The summed E-state index contributed by atoms with van der Waals surface area (Å²) in [7, 11) is 0. The molecule has 4 rings (SSSR count). The lowest BCUT2D eigenvalue weighted by Crippen LogP contribution is -2.36. The Balaban J connectivity index is 1.61. The van der Waals surface area contributed by atoms with Crippen LogP contribution in [0.1, 0.15) is 43.6 Å². The Kier molecular flexibility index (Phi) is 10.6. The maximum absolute atomic E-state index is 13.9. The number of nitrogens with one attached hydrogen (secondary N) is 1. The Bertz CT molecular complexity index is 1600. The van der Waals surface area contributed by atoms with Crippen molar-refractivity contribution in [3.63, 3.8) is 0 Å². The van der Waals surface area contributed by atoms with Crippen molar-refractivity contribution >= 4 is 35.3 Å². The van der Waals surface area contributed by atoms with Crippen LogP contribution in [0.15, 0.2) is 97.1 Å². The molecule has 8 nitrogen and oxygen atoms in total. The summed E-state index contributed by atoms with van der Waals surface area (Å²) in [5.74, 6) is -0.293. The fraction of sp³-hybridized carbons (Fsp3) is 0.229. The van der Waals surface area contributed by atoms with E-state index in [0.717, 1.165) is 16.7 Å². The average Bonchev–Trinajstić information content (AvgIpc) is 2.99. The molecule has 228 valence electrons. The minimum Gasteiger partial charge on any atom is -0.465 e. The lowest BCUT2D eigenvalue weighted by molar-refractivity contribution is -0.141. The highest BCUT2D eigenvalue weighted by molar-refractivity contribution is 6.31. The van der Waals surface area contributed by atoms with E-state index in [2.05, 4.69) is 5.32 Å². The normalized spacial score (nSPS) is 10.9. The van der Waals surface area contributed by atoms with Gasteiger partial charge < -0.3 is 19.5 Å². The SMILES string of the molecule is CCOC(=O)CN(C(=O)c1ccc(-c2ccccc2)cc1)c1ccc(Cl)cc1Oc1cccc(CNC(=O)OC(C)(C)C)c1. The molecule has 0 unspecified atom stereocenters. The maximum atomic E-state index is 13.9. The van der Waals surface area contributed by atoms with Crippen LogP contribution in [-0.4, -0.2) is 36.7 Å². The van der Waals surface area contributed by atoms with Crippen LogP contribution in [-0.2, 0) is 20.8 Å². The van der Waals surface area contributed by atoms with Gasteiger partial charge in [-0.1, -0.05) is 66.2 Å². The summed E-state index contributed by atoms with van der Waals surface area (Å²) in [6, 6.07) is 28.9. The third kappa shape index (κ3) is 9.09. The topological polar surface area (TPSA) is 94.2 Å². The number of carbonyl (C=O) groups excluding carboxylic acids is 3. The van der Waals surface area contributed by atoms with Crippen LogP contribution in [0.5, 0.6) is 11.5 Å². The molecule has 0 heterocycles. The molecule has 4 aromatic rings. The van der Waals surface area contributed by atoms with Crippen molar-refractivity contribution in [1.29, 1.82) is 0 Å². The highest BCUT2D eigenvalue weighted by Gasteiger charge is 2.25. The van der Waals surface area contributed by atoms with Crippen LogP contribution in [0.25, 0.3) is 11.1 Å². The lowest BCUT2D eigenvalue weighted by Gasteiger charge is -2.25. The number of halogens is 1. The molecule has 0 aromatic heterocycles. The van der Waals surface area contributed by atoms with Crippen molar-refractivity contribution in [3.8, 4) is 22.6 Å². The van der Waals surface area contributed by atoms with Crippen molar-refractivity contribution < 1.29 is 28.6 Å². The summed E-state index contributed by atoms with van der Waals surface area (Å²) in [5.41, 5.74) is 2.83. The molecule has 9 heteroatoms. The second kappa shape index (κ2) is 14.6. The molecular formula is C35H35ClN2O6. The van der Waals surface area contributed by atoms with Gasteiger partial charge in [-0.3, -0.25) is 14.5 Å². The summed E-state index contributed by atoms with van der Waals surface area (Å²) < 4.78 is 16.7. The zero-order chi connectivity index (χ0) is 31.7. The lowest BCUT2D eigenvalue weighted by atomic mass is 10.0. The van der Waals surface area contributed by atoms with E-state index in [-0.39, 0.29) is 25.4 Å². The Morgan fingerprint density at radius 2 is 1.55 bits per heavy atom. The first-order valence-corrected chi connectivity index (χ1v) is 14.6. The summed E-state index contributed by atoms with van der Waals surface area (Å²) in [6.07, 6.45) is -0.536. The summed E-state index contributed by atoms with van der Waals surface area (Å²) in [5, 5.41) is 3.10. The molecule has 0 aliphatic heterocycles. The molecular weight excluding hydrogens is 580 g/mol. The van der Waals surface area contributed by atoms with E-state index in [4.69, 9.17) is 25.8 Å². The molecule has 0 atom stereocenters. The molecule has 44 heavy (non-hydrogen) atoms. The van der Waals surface area contributed by atoms with E-state index < -0.39 is 23.6 Å². The third-order valence-corrected chi connectivity index (χ3v) is 6.49. The fourth-order valence-corrected chi connectivity index (χ4v) is 4.48. The van der Waals surface area contributed by atoms with Crippen molar-refractivity contribution in [2.45, 2.75) is 39.8 Å². The van der Waals surface area contributed by atoms with Crippen LogP contribution >= 0.6 is 11.6 Å². The predicted octanol–water partition coefficient (Wildman–Crippen LogP) is 8.03. The number of rotatable bonds is 10. The summed E-state index contributed by atoms with van der Waals surface area (Å²) in [6.45, 7) is 7.11. The molecule has 0 spiro atoms. The van der Waals surface area contributed by atoms with Crippen molar-refractivity contribution in [1.82, 2.24) is 5.32 Å². The number of hydrogen-bond donors (Lipinski definition) is 1. The Labute approximate surface area is 262 Å². The van der Waals surface area contributed by atoms with Crippen LogP contribution in [0, 0.1) is 0 Å². The smallest absolute Gasteiger partial charge is 0.407 e. The predicted molar refractivity (Wildman–Crippen MR) is 171 cm³/mol. The van der Waals surface area contributed by atoms with Gasteiger partial charge in [0.15, 0.2) is 5.75 Å². The van der Waals surface area contributed by atoms with Gasteiger partial charge >= 0.3 is 12.1 Å². The van der Waals surface area contributed by atoms with Gasteiger partial charge in [0.05, 0.1) is 12.3 Å². The van der Waals surface area contributed by atoms with E-state index in [1.807, 2.05) is 48.5 Å². The Morgan fingerprint density at radius 1 is 0.841 bits per heavy atom. The zero-order valence-corrected chi connectivity index (χ0v) is 25.9. The Hall–Kier alpha value is -4.82. The Morgan fingerprint density at radius 3 is 2.23 bits per heavy atom. The van der Waals surface area contributed by atoms with Gasteiger partial charge in [0, 0.05) is 23.2 Å². The molecule has 0 aliphatic rings. The zero-order valence-electron chi connectivity index (χ0n) is 25.1. The van der Waals surface area contributed by atoms with Crippen molar-refractivity contribution in [2.24, 2.45) is 0 Å². The van der Waals surface area contributed by atoms with Gasteiger partial charge in [-0.2, -0.15) is 0 Å². The molecule has 0 bridgehead atoms. The number of hydrogen-bond acceptors (Lipinski definition) is 6. The van der Waals surface area contributed by atoms with Gasteiger partial charge in [-0.15, -0.1) is 0 Å². The third-order valence-electron chi connectivity index (χ3n) is 6.25. The molecule has 4 aromatic carbocycles. The number of esters is 1. The van der Waals surface area contributed by atoms with Crippen LogP contribution in [0.2, 0.25) is 5.02 Å². The molecule has 0 aliphatic carbocycles. The first kappa shape index (κ1) is 32.1. The highest BCUT2D eigenvalue weighted by atomic mass is 35.5. The minimum atomic E-state index is -0.616. The molecule has 1 N–H and O–H groups in total. The monoisotopic (exact) mass is 614 g/mol. The van der Waals surface area contributed by atoms with E-state index in [9.17, 15) is 14.4 Å². The number of benzene rings is 4. The molecule has 0 fully saturated rings. The molecule has 0 saturated heterocycles. The number of ether oxygens (including phenoxy) is 3. The van der Waals surface area contributed by atoms with Gasteiger partial charge in [0.1, 0.15) is 17.9 Å². The molecule has 0 saturated carbocycles. The first-order chi connectivity index (χ1) is 21.0. The van der Waals surface area contributed by atoms with Gasteiger partial charge in [-0.05, 0) is 80.8 Å². The minimum absolute atomic E-state index is 0.167. The highest BCUT2D eigenvalue weighted by Crippen LogP contribution is 2.36. The average molecular weight is 615 g/mol. The van der Waals surface area contributed by atoms with E-state index in [1.165, 1.54) is 4.90 Å². The largest absolute Gasteiger partial charge is 0.465 e. The number of carbonyl (C=O) groups is 3. The van der Waals surface area contributed by atoms with Gasteiger partial charge in [-0.25, -0.2) is 4.79 Å². The van der Waals surface area contributed by atoms with Crippen LogP contribution in [0.4, 0.5) is 10.5 Å². The van der Waals surface area contributed by atoms with Crippen molar-refractivity contribution in [3.05, 3.63) is 113 Å². The first-order valence-electron chi connectivity index (χ1n) is 14.2. The number of amides is 2.